The molecule has 0 amide bonds. The van der Waals surface area contributed by atoms with Gasteiger partial charge >= 0.3 is 0 Å². The fourth-order valence-corrected chi connectivity index (χ4v) is 16.7. The molecule has 0 aromatic heterocycles. The van der Waals surface area contributed by atoms with Gasteiger partial charge in [-0.05, 0) is 113 Å². The van der Waals surface area contributed by atoms with Gasteiger partial charge in [-0.15, -0.1) is 6.58 Å². The molecule has 0 saturated heterocycles. The van der Waals surface area contributed by atoms with E-state index in [1.54, 1.807) is 0 Å². The van der Waals surface area contributed by atoms with Crippen molar-refractivity contribution in [2.45, 2.75) is 182 Å². The Morgan fingerprint density at radius 2 is 0.477 bits per heavy atom. The summed E-state index contributed by atoms with van der Waals surface area (Å²) >= 11 is 0. The van der Waals surface area contributed by atoms with Crippen LogP contribution in [-0.2, 0) is 65.2 Å². The second kappa shape index (κ2) is 45.9. The van der Waals surface area contributed by atoms with Gasteiger partial charge in [0.25, 0.3) is 0 Å². The van der Waals surface area contributed by atoms with Gasteiger partial charge in [0.1, 0.15) is 0 Å². The van der Waals surface area contributed by atoms with E-state index < -0.39 is 0 Å². The average Bonchev–Trinajstić information content (AvgIpc) is 0.826. The maximum absolute atomic E-state index is 11.6. The van der Waals surface area contributed by atoms with Crippen LogP contribution in [-0.4, -0.2) is 152 Å². The quantitative estimate of drug-likeness (QED) is 0.0376. The number of benzene rings is 10. The minimum absolute atomic E-state index is 0.0637. The SMILES string of the molecule is C=CCN(Cc1ccccc1)[C@@H](C)CN(Cc1ccccc1)[C@@H](Cc1ccccc1)CN(Cc1ccccc1)[C@H](CN(Cc1ccccc1)[C@@H](C)CN(Cc1ccccc1)[C@@H](C)CN(Cc1ccccc1)[C@H](CN(Cc1ccccc1)[C@@H](CC(C)C)CN(Cc1ccccc1)[C@H](CO)Cc1ccccc1)C(C)C)C(C)C. The fraction of sp³-hybridized carbons (Fsp3) is 0.392. The van der Waals surface area contributed by atoms with Crippen LogP contribution in [0.5, 0.6) is 0 Å². The summed E-state index contributed by atoms with van der Waals surface area (Å²) in [6.07, 6.45) is 4.80. The lowest BCUT2D eigenvalue weighted by atomic mass is 9.95. The van der Waals surface area contributed by atoms with E-state index in [0.717, 1.165) is 124 Å². The fourth-order valence-electron chi connectivity index (χ4n) is 16.7. The lowest BCUT2D eigenvalue weighted by Crippen LogP contribution is -2.57. The van der Waals surface area contributed by atoms with Crippen LogP contribution in [0.1, 0.15) is 124 Å². The van der Waals surface area contributed by atoms with Crippen LogP contribution < -0.4 is 0 Å². The van der Waals surface area contributed by atoms with Crippen molar-refractivity contribution in [3.05, 3.63) is 372 Å². The first kappa shape index (κ1) is 85.0. The van der Waals surface area contributed by atoms with Gasteiger partial charge in [-0.3, -0.25) is 39.2 Å². The zero-order valence-electron chi connectivity index (χ0n) is 68.7. The van der Waals surface area contributed by atoms with Crippen LogP contribution in [0.4, 0.5) is 0 Å². The van der Waals surface area contributed by atoms with Crippen LogP contribution in [0, 0.1) is 17.8 Å². The summed E-state index contributed by atoms with van der Waals surface area (Å²) in [5.74, 6) is 1.09. The van der Waals surface area contributed by atoms with Crippen molar-refractivity contribution >= 4 is 0 Å². The number of aliphatic hydroxyl groups excluding tert-OH is 1. The Balaban J connectivity index is 1.01. The highest BCUT2D eigenvalue weighted by atomic mass is 16.3. The molecule has 8 atom stereocenters. The van der Waals surface area contributed by atoms with Gasteiger partial charge in [-0.2, -0.15) is 0 Å². The molecule has 586 valence electrons. The van der Waals surface area contributed by atoms with Gasteiger partial charge in [0.05, 0.1) is 6.61 Å². The van der Waals surface area contributed by atoms with E-state index in [4.69, 9.17) is 0 Å². The first-order valence-electron chi connectivity index (χ1n) is 41.7. The summed E-state index contributed by atoms with van der Waals surface area (Å²) in [5.41, 5.74) is 13.2. The third-order valence-corrected chi connectivity index (χ3v) is 22.9. The summed E-state index contributed by atoms with van der Waals surface area (Å²) in [6, 6.07) is 113. The van der Waals surface area contributed by atoms with Crippen LogP contribution in [0.25, 0.3) is 0 Å². The summed E-state index contributed by atoms with van der Waals surface area (Å²) in [5, 5.41) is 11.6. The van der Waals surface area contributed by atoms with Crippen molar-refractivity contribution in [3.8, 4) is 0 Å². The number of aliphatic hydroxyl groups is 1. The summed E-state index contributed by atoms with van der Waals surface area (Å²) in [7, 11) is 0. The van der Waals surface area contributed by atoms with Crippen molar-refractivity contribution in [1.29, 1.82) is 0 Å². The molecule has 0 aliphatic heterocycles. The molecule has 0 spiro atoms. The Labute approximate surface area is 670 Å². The number of hydrogen-bond donors (Lipinski definition) is 1. The van der Waals surface area contributed by atoms with E-state index in [1.165, 1.54) is 55.6 Å². The van der Waals surface area contributed by atoms with E-state index in [9.17, 15) is 5.11 Å². The average molecular weight is 1490 g/mol. The summed E-state index contributed by atoms with van der Waals surface area (Å²) < 4.78 is 0. The summed E-state index contributed by atoms with van der Waals surface area (Å²) in [6.45, 7) is 40.2. The molecule has 10 aromatic carbocycles. The summed E-state index contributed by atoms with van der Waals surface area (Å²) in [4.78, 5) is 22.5. The van der Waals surface area contributed by atoms with Crippen LogP contribution in [0.15, 0.2) is 316 Å². The van der Waals surface area contributed by atoms with E-state index >= 15 is 0 Å². The van der Waals surface area contributed by atoms with Gasteiger partial charge in [-0.25, -0.2) is 0 Å². The van der Waals surface area contributed by atoms with Crippen molar-refractivity contribution in [2.75, 3.05) is 59.0 Å². The van der Waals surface area contributed by atoms with Crippen molar-refractivity contribution in [2.24, 2.45) is 17.8 Å². The third-order valence-electron chi connectivity index (χ3n) is 22.9. The predicted octanol–water partition coefficient (Wildman–Crippen LogP) is 20.0. The normalized spacial score (nSPS) is 14.3. The van der Waals surface area contributed by atoms with E-state index in [-0.39, 0.29) is 54.9 Å². The molecule has 0 bridgehead atoms. The van der Waals surface area contributed by atoms with Crippen molar-refractivity contribution in [3.63, 3.8) is 0 Å². The Bertz CT molecular complexity index is 4070. The highest BCUT2D eigenvalue weighted by Gasteiger charge is 2.36. The van der Waals surface area contributed by atoms with Crippen molar-refractivity contribution < 1.29 is 5.11 Å². The zero-order chi connectivity index (χ0) is 77.9. The Morgan fingerprint density at radius 3 is 0.793 bits per heavy atom. The Morgan fingerprint density at radius 1 is 0.252 bits per heavy atom. The zero-order valence-corrected chi connectivity index (χ0v) is 68.7. The molecule has 0 saturated carbocycles. The van der Waals surface area contributed by atoms with E-state index in [1.807, 2.05) is 0 Å². The van der Waals surface area contributed by atoms with Crippen LogP contribution in [0.2, 0.25) is 0 Å². The van der Waals surface area contributed by atoms with Crippen LogP contribution in [0.3, 0.4) is 0 Å². The van der Waals surface area contributed by atoms with Gasteiger partial charge in [0, 0.05) is 153 Å². The van der Waals surface area contributed by atoms with Gasteiger partial charge in [0.2, 0.25) is 0 Å². The van der Waals surface area contributed by atoms with Crippen LogP contribution >= 0.6 is 0 Å². The number of rotatable bonds is 49. The van der Waals surface area contributed by atoms with E-state index in [0.29, 0.717) is 17.8 Å². The maximum Gasteiger partial charge on any atom is 0.0590 e. The molecule has 10 rings (SSSR count). The van der Waals surface area contributed by atoms with Gasteiger partial charge in [-0.1, -0.05) is 351 Å². The molecule has 9 nitrogen and oxygen atoms in total. The number of nitrogens with zero attached hydrogens (tertiary/aromatic N) is 8. The Kier molecular flexibility index (Phi) is 35.2. The topological polar surface area (TPSA) is 46.2 Å². The van der Waals surface area contributed by atoms with Gasteiger partial charge in [0.15, 0.2) is 0 Å². The molecule has 10 aromatic rings. The molecule has 0 heterocycles. The molecule has 111 heavy (non-hydrogen) atoms. The van der Waals surface area contributed by atoms with Gasteiger partial charge < -0.3 is 5.11 Å². The third kappa shape index (κ3) is 28.3. The minimum atomic E-state index is -0.0637. The maximum atomic E-state index is 11.6. The predicted molar refractivity (Wildman–Crippen MR) is 469 cm³/mol. The monoisotopic (exact) mass is 1490 g/mol. The lowest BCUT2D eigenvalue weighted by Gasteiger charge is -2.46. The minimum Gasteiger partial charge on any atom is -0.395 e. The number of hydrogen-bond acceptors (Lipinski definition) is 9. The highest BCUT2D eigenvalue weighted by molar-refractivity contribution is 5.24. The second-order valence-electron chi connectivity index (χ2n) is 32.9. The van der Waals surface area contributed by atoms with E-state index in [2.05, 4.69) is 417 Å². The lowest BCUT2D eigenvalue weighted by molar-refractivity contribution is 0.0165. The smallest absolute Gasteiger partial charge is 0.0590 e. The molecule has 9 heteroatoms. The highest BCUT2D eigenvalue weighted by Crippen LogP contribution is 2.30. The first-order chi connectivity index (χ1) is 54.1. The molecular formula is C102H132N8O. The largest absolute Gasteiger partial charge is 0.395 e. The molecule has 0 aliphatic rings. The molecular weight excluding hydrogens is 1350 g/mol. The molecule has 0 aliphatic carbocycles. The van der Waals surface area contributed by atoms with Crippen molar-refractivity contribution in [1.82, 2.24) is 39.2 Å². The standard InChI is InChI=1S/C102H132N8O/c1-11-62-103(69-90-46-26-14-27-47-90)85(8)67-106(72-93-52-32-17-33-53-93)99(64-88-42-22-12-23-43-88)78-110(76-97-60-40-21-41-61-97)101(83(4)5)79-105(71-92-50-30-16-31-51-92)86(9)66-104(70-91-48-28-15-29-49-91)87(10)68-109(75-96-58-38-20-39-59-96)102(84(6)7)80-108(74-95-56-36-19-37-57-95)98(63-82(2)3)77-107(73-94-54-34-18-35-55-94)100(81-111)65-89-44-24-13-25-45-89/h11-61,82-87,98-102,111H,1,62-81H2,2-10H3/t85-,86-,87-,98-,99-,100-,101+,102+/m0/s1. The molecule has 1 N–H and O–H groups in total. The molecule has 0 unspecified atom stereocenters. The first-order valence-corrected chi connectivity index (χ1v) is 41.7. The molecule has 0 fully saturated rings. The Hall–Kier alpha value is -8.42. The second-order valence-corrected chi connectivity index (χ2v) is 32.9. The molecule has 0 radical (unpaired) electrons.